The van der Waals surface area contributed by atoms with Gasteiger partial charge in [0, 0.05) is 12.3 Å². The van der Waals surface area contributed by atoms with Crippen molar-refractivity contribution in [1.82, 2.24) is 0 Å². The van der Waals surface area contributed by atoms with E-state index < -0.39 is 5.97 Å². The highest BCUT2D eigenvalue weighted by molar-refractivity contribution is 5.94. The van der Waals surface area contributed by atoms with Crippen molar-refractivity contribution in [3.63, 3.8) is 0 Å². The Morgan fingerprint density at radius 3 is 2.88 bits per heavy atom. The summed E-state index contributed by atoms with van der Waals surface area (Å²) in [5.41, 5.74) is 1.94. The SMILES string of the molecule is Cc1ccc(NC2CCOC2C)c(C(=O)O)c1. The van der Waals surface area contributed by atoms with E-state index in [0.29, 0.717) is 11.3 Å². The molecule has 1 heterocycles. The smallest absolute Gasteiger partial charge is 0.337 e. The lowest BCUT2D eigenvalue weighted by Gasteiger charge is -2.19. The summed E-state index contributed by atoms with van der Waals surface area (Å²) in [6.45, 7) is 4.62. The minimum atomic E-state index is -0.900. The number of anilines is 1. The zero-order valence-corrected chi connectivity index (χ0v) is 10.1. The molecule has 0 amide bonds. The quantitative estimate of drug-likeness (QED) is 0.843. The fourth-order valence-corrected chi connectivity index (χ4v) is 2.08. The lowest BCUT2D eigenvalue weighted by molar-refractivity contribution is 0.0697. The van der Waals surface area contributed by atoms with Crippen LogP contribution < -0.4 is 5.32 Å². The van der Waals surface area contributed by atoms with Gasteiger partial charge in [0.2, 0.25) is 0 Å². The number of hydrogen-bond acceptors (Lipinski definition) is 3. The first-order valence-electron chi connectivity index (χ1n) is 5.80. The third-order valence-corrected chi connectivity index (χ3v) is 3.12. The monoisotopic (exact) mass is 235 g/mol. The number of nitrogens with one attached hydrogen (secondary N) is 1. The molecule has 4 nitrogen and oxygen atoms in total. The standard InChI is InChI=1S/C13H17NO3/c1-8-3-4-12(10(7-8)13(15)16)14-11-5-6-17-9(11)2/h3-4,7,9,11,14H,5-6H2,1-2H3,(H,15,16). The van der Waals surface area contributed by atoms with Crippen LogP contribution in [0, 0.1) is 6.92 Å². The minimum absolute atomic E-state index is 0.123. The van der Waals surface area contributed by atoms with E-state index in [1.54, 1.807) is 6.07 Å². The van der Waals surface area contributed by atoms with Gasteiger partial charge in [-0.25, -0.2) is 4.79 Å². The molecule has 0 saturated carbocycles. The number of benzene rings is 1. The van der Waals surface area contributed by atoms with Gasteiger partial charge in [0.25, 0.3) is 0 Å². The van der Waals surface area contributed by atoms with E-state index in [2.05, 4.69) is 5.32 Å². The fraction of sp³-hybridized carbons (Fsp3) is 0.462. The van der Waals surface area contributed by atoms with Crippen molar-refractivity contribution >= 4 is 11.7 Å². The van der Waals surface area contributed by atoms with Gasteiger partial charge in [0.05, 0.1) is 17.7 Å². The highest BCUT2D eigenvalue weighted by atomic mass is 16.5. The zero-order chi connectivity index (χ0) is 12.4. The molecular formula is C13H17NO3. The molecule has 0 aromatic heterocycles. The molecule has 1 aliphatic rings. The van der Waals surface area contributed by atoms with Gasteiger partial charge in [-0.2, -0.15) is 0 Å². The Hall–Kier alpha value is -1.55. The zero-order valence-electron chi connectivity index (χ0n) is 10.1. The van der Waals surface area contributed by atoms with Crippen LogP contribution >= 0.6 is 0 Å². The maximum Gasteiger partial charge on any atom is 0.337 e. The third kappa shape index (κ3) is 2.58. The number of carboxylic acids is 1. The largest absolute Gasteiger partial charge is 0.478 e. The topological polar surface area (TPSA) is 58.6 Å². The summed E-state index contributed by atoms with van der Waals surface area (Å²) < 4.78 is 5.45. The van der Waals surface area contributed by atoms with Crippen LogP contribution in [0.25, 0.3) is 0 Å². The molecule has 2 unspecified atom stereocenters. The number of ether oxygens (including phenoxy) is 1. The highest BCUT2D eigenvalue weighted by Crippen LogP contribution is 2.23. The average Bonchev–Trinajstić information content (AvgIpc) is 2.67. The van der Waals surface area contributed by atoms with Crippen molar-refractivity contribution in [3.8, 4) is 0 Å². The van der Waals surface area contributed by atoms with Crippen molar-refractivity contribution in [1.29, 1.82) is 0 Å². The van der Waals surface area contributed by atoms with E-state index in [-0.39, 0.29) is 12.1 Å². The number of aromatic carboxylic acids is 1. The Morgan fingerprint density at radius 2 is 2.29 bits per heavy atom. The number of carbonyl (C=O) groups is 1. The highest BCUT2D eigenvalue weighted by Gasteiger charge is 2.25. The summed E-state index contributed by atoms with van der Waals surface area (Å²) >= 11 is 0. The van der Waals surface area contributed by atoms with Gasteiger partial charge in [-0.3, -0.25) is 0 Å². The Kier molecular flexibility index (Phi) is 3.33. The van der Waals surface area contributed by atoms with Crippen molar-refractivity contribution in [2.24, 2.45) is 0 Å². The van der Waals surface area contributed by atoms with E-state index in [0.717, 1.165) is 18.6 Å². The molecule has 1 aliphatic heterocycles. The van der Waals surface area contributed by atoms with E-state index in [1.807, 2.05) is 26.0 Å². The van der Waals surface area contributed by atoms with Crippen LogP contribution in [0.15, 0.2) is 18.2 Å². The molecule has 1 fully saturated rings. The first-order valence-corrected chi connectivity index (χ1v) is 5.80. The second kappa shape index (κ2) is 4.75. The number of rotatable bonds is 3. The van der Waals surface area contributed by atoms with E-state index in [9.17, 15) is 4.79 Å². The second-order valence-electron chi connectivity index (χ2n) is 4.47. The van der Waals surface area contributed by atoms with Crippen molar-refractivity contribution in [3.05, 3.63) is 29.3 Å². The first kappa shape index (κ1) is 11.9. The Morgan fingerprint density at radius 1 is 1.53 bits per heavy atom. The van der Waals surface area contributed by atoms with Gasteiger partial charge >= 0.3 is 5.97 Å². The molecule has 0 radical (unpaired) electrons. The molecule has 4 heteroatoms. The molecule has 0 spiro atoms. The maximum atomic E-state index is 11.2. The van der Waals surface area contributed by atoms with E-state index >= 15 is 0 Å². The fourth-order valence-electron chi connectivity index (χ4n) is 2.08. The van der Waals surface area contributed by atoms with Crippen LogP contribution in [0.4, 0.5) is 5.69 Å². The number of carboxylic acid groups (broad SMARTS) is 1. The summed E-state index contributed by atoms with van der Waals surface area (Å²) in [6.07, 6.45) is 1.03. The van der Waals surface area contributed by atoms with E-state index in [1.165, 1.54) is 0 Å². The summed E-state index contributed by atoms with van der Waals surface area (Å²) in [6, 6.07) is 5.61. The number of aryl methyl sites for hydroxylation is 1. The van der Waals surface area contributed by atoms with Crippen LogP contribution in [0.1, 0.15) is 29.3 Å². The van der Waals surface area contributed by atoms with Crippen LogP contribution in [0.5, 0.6) is 0 Å². The van der Waals surface area contributed by atoms with Gasteiger partial charge in [-0.1, -0.05) is 11.6 Å². The van der Waals surface area contributed by atoms with Crippen molar-refractivity contribution in [2.45, 2.75) is 32.4 Å². The average molecular weight is 235 g/mol. The van der Waals surface area contributed by atoms with Crippen LogP contribution in [0.2, 0.25) is 0 Å². The third-order valence-electron chi connectivity index (χ3n) is 3.12. The van der Waals surface area contributed by atoms with Gasteiger partial charge in [-0.15, -0.1) is 0 Å². The van der Waals surface area contributed by atoms with Gasteiger partial charge in [0.15, 0.2) is 0 Å². The van der Waals surface area contributed by atoms with Crippen molar-refractivity contribution < 1.29 is 14.6 Å². The van der Waals surface area contributed by atoms with Gasteiger partial charge in [0.1, 0.15) is 0 Å². The first-order chi connectivity index (χ1) is 8.08. The molecule has 2 atom stereocenters. The molecular weight excluding hydrogens is 218 g/mol. The van der Waals surface area contributed by atoms with Gasteiger partial charge < -0.3 is 15.2 Å². The summed E-state index contributed by atoms with van der Waals surface area (Å²) in [7, 11) is 0. The second-order valence-corrected chi connectivity index (χ2v) is 4.47. The van der Waals surface area contributed by atoms with Crippen molar-refractivity contribution in [2.75, 3.05) is 11.9 Å². The minimum Gasteiger partial charge on any atom is -0.478 e. The Balaban J connectivity index is 2.22. The molecule has 92 valence electrons. The lowest BCUT2D eigenvalue weighted by Crippen LogP contribution is -2.27. The summed E-state index contributed by atoms with van der Waals surface area (Å²) in [4.78, 5) is 11.2. The molecule has 1 saturated heterocycles. The molecule has 2 rings (SSSR count). The van der Waals surface area contributed by atoms with E-state index in [4.69, 9.17) is 9.84 Å². The molecule has 1 aromatic carbocycles. The predicted octanol–water partition coefficient (Wildman–Crippen LogP) is 2.28. The van der Waals surface area contributed by atoms with Crippen LogP contribution in [-0.2, 0) is 4.74 Å². The molecule has 2 N–H and O–H groups in total. The van der Waals surface area contributed by atoms with Crippen LogP contribution in [0.3, 0.4) is 0 Å². The molecule has 17 heavy (non-hydrogen) atoms. The normalized spacial score (nSPS) is 23.6. The number of hydrogen-bond donors (Lipinski definition) is 2. The Labute approximate surface area is 101 Å². The Bertz CT molecular complexity index is 431. The predicted molar refractivity (Wildman–Crippen MR) is 65.6 cm³/mol. The molecule has 1 aromatic rings. The van der Waals surface area contributed by atoms with Gasteiger partial charge in [-0.05, 0) is 32.4 Å². The van der Waals surface area contributed by atoms with Crippen LogP contribution in [-0.4, -0.2) is 29.8 Å². The summed E-state index contributed by atoms with van der Waals surface area (Å²) in [5, 5.41) is 12.4. The lowest BCUT2D eigenvalue weighted by atomic mass is 10.1. The molecule has 0 bridgehead atoms. The summed E-state index contributed by atoms with van der Waals surface area (Å²) in [5.74, 6) is -0.900. The molecule has 0 aliphatic carbocycles. The maximum absolute atomic E-state index is 11.2.